The highest BCUT2D eigenvalue weighted by atomic mass is 32.2. The van der Waals surface area contributed by atoms with Crippen molar-refractivity contribution in [1.82, 2.24) is 14.8 Å². The summed E-state index contributed by atoms with van der Waals surface area (Å²) in [7, 11) is -3.58. The van der Waals surface area contributed by atoms with Gasteiger partial charge in [0.1, 0.15) is 0 Å². The molecule has 0 spiro atoms. The van der Waals surface area contributed by atoms with E-state index in [1.165, 1.54) is 4.57 Å². The topological polar surface area (TPSA) is 85.1 Å². The van der Waals surface area contributed by atoms with Gasteiger partial charge in [-0.25, -0.2) is 8.42 Å². The molecule has 0 saturated carbocycles. The van der Waals surface area contributed by atoms with E-state index in [1.54, 1.807) is 6.08 Å². The van der Waals surface area contributed by atoms with Gasteiger partial charge in [-0.05, 0) is 6.42 Å². The SMILES string of the molecule is C=CCn1c(-c2ccccc2)nnc1S(=O)(=O)CCCO. The van der Waals surface area contributed by atoms with Gasteiger partial charge in [-0.1, -0.05) is 36.4 Å². The van der Waals surface area contributed by atoms with Crippen LogP contribution in [0.25, 0.3) is 11.4 Å². The van der Waals surface area contributed by atoms with Crippen molar-refractivity contribution >= 4 is 9.84 Å². The van der Waals surface area contributed by atoms with Gasteiger partial charge in [0.25, 0.3) is 0 Å². The van der Waals surface area contributed by atoms with Crippen molar-refractivity contribution in [3.63, 3.8) is 0 Å². The lowest BCUT2D eigenvalue weighted by molar-refractivity contribution is 0.295. The van der Waals surface area contributed by atoms with Crippen molar-refractivity contribution in [2.24, 2.45) is 0 Å². The van der Waals surface area contributed by atoms with Gasteiger partial charge in [-0.2, -0.15) is 0 Å². The minimum Gasteiger partial charge on any atom is -0.396 e. The van der Waals surface area contributed by atoms with E-state index in [9.17, 15) is 8.42 Å². The fourth-order valence-electron chi connectivity index (χ4n) is 1.96. The summed E-state index contributed by atoms with van der Waals surface area (Å²) in [6.45, 7) is 3.76. The van der Waals surface area contributed by atoms with Crippen LogP contribution in [-0.2, 0) is 16.4 Å². The number of aliphatic hydroxyl groups excluding tert-OH is 1. The molecule has 0 bridgehead atoms. The van der Waals surface area contributed by atoms with Crippen molar-refractivity contribution in [3.8, 4) is 11.4 Å². The van der Waals surface area contributed by atoms with Gasteiger partial charge in [-0.15, -0.1) is 16.8 Å². The first-order valence-corrected chi connectivity index (χ1v) is 8.18. The fraction of sp³-hybridized carbons (Fsp3) is 0.286. The summed E-state index contributed by atoms with van der Waals surface area (Å²) in [6.07, 6.45) is 1.77. The number of aromatic nitrogens is 3. The van der Waals surface area contributed by atoms with E-state index < -0.39 is 9.84 Å². The number of hydrogen-bond donors (Lipinski definition) is 1. The van der Waals surface area contributed by atoms with Crippen molar-refractivity contribution < 1.29 is 13.5 Å². The Bertz CT molecular complexity index is 708. The molecule has 1 heterocycles. The average molecular weight is 307 g/mol. The zero-order chi connectivity index (χ0) is 15.3. The van der Waals surface area contributed by atoms with Crippen LogP contribution >= 0.6 is 0 Å². The summed E-state index contributed by atoms with van der Waals surface area (Å²) in [4.78, 5) is 0. The van der Waals surface area contributed by atoms with Crippen LogP contribution in [0.1, 0.15) is 6.42 Å². The Morgan fingerprint density at radius 2 is 1.95 bits per heavy atom. The lowest BCUT2D eigenvalue weighted by Crippen LogP contribution is -2.15. The maximum absolute atomic E-state index is 12.3. The molecule has 1 aromatic carbocycles. The lowest BCUT2D eigenvalue weighted by Gasteiger charge is -2.08. The highest BCUT2D eigenvalue weighted by molar-refractivity contribution is 7.91. The molecule has 2 rings (SSSR count). The van der Waals surface area contributed by atoms with Crippen LogP contribution in [0.15, 0.2) is 48.1 Å². The second-order valence-corrected chi connectivity index (χ2v) is 6.47. The minimum atomic E-state index is -3.58. The van der Waals surface area contributed by atoms with Crippen molar-refractivity contribution in [2.75, 3.05) is 12.4 Å². The standard InChI is InChI=1S/C14H17N3O3S/c1-2-9-17-13(12-7-4-3-5-8-12)15-16-14(17)21(19,20)11-6-10-18/h2-5,7-8,18H,1,6,9-11H2. The Kier molecular flexibility index (Phi) is 4.87. The van der Waals surface area contributed by atoms with Gasteiger partial charge in [0.2, 0.25) is 15.0 Å². The van der Waals surface area contributed by atoms with E-state index in [4.69, 9.17) is 5.11 Å². The summed E-state index contributed by atoms with van der Waals surface area (Å²) in [5.41, 5.74) is 0.787. The highest BCUT2D eigenvalue weighted by Gasteiger charge is 2.24. The first-order valence-electron chi connectivity index (χ1n) is 6.53. The van der Waals surface area contributed by atoms with Gasteiger partial charge < -0.3 is 5.11 Å². The summed E-state index contributed by atoms with van der Waals surface area (Å²) in [5.74, 6) is 0.325. The first-order chi connectivity index (χ1) is 10.1. The summed E-state index contributed by atoms with van der Waals surface area (Å²) in [6, 6.07) is 9.25. The Hall–Kier alpha value is -1.99. The van der Waals surface area contributed by atoms with Crippen LogP contribution in [-0.4, -0.2) is 40.6 Å². The van der Waals surface area contributed by atoms with Crippen LogP contribution in [0.5, 0.6) is 0 Å². The van der Waals surface area contributed by atoms with Gasteiger partial charge in [0.05, 0.1) is 5.75 Å². The van der Waals surface area contributed by atoms with Crippen LogP contribution in [0.3, 0.4) is 0 Å². The van der Waals surface area contributed by atoms with Gasteiger partial charge in [0, 0.05) is 18.7 Å². The van der Waals surface area contributed by atoms with E-state index in [2.05, 4.69) is 16.8 Å². The Morgan fingerprint density at radius 3 is 2.57 bits per heavy atom. The Morgan fingerprint density at radius 1 is 1.24 bits per heavy atom. The smallest absolute Gasteiger partial charge is 0.250 e. The van der Waals surface area contributed by atoms with Gasteiger partial charge in [-0.3, -0.25) is 4.57 Å². The van der Waals surface area contributed by atoms with E-state index in [0.29, 0.717) is 12.4 Å². The van der Waals surface area contributed by atoms with Gasteiger partial charge >= 0.3 is 0 Å². The molecule has 112 valence electrons. The predicted octanol–water partition coefficient (Wildman–Crippen LogP) is 1.29. The molecule has 0 radical (unpaired) electrons. The second kappa shape index (κ2) is 6.64. The maximum atomic E-state index is 12.3. The molecule has 0 aliphatic carbocycles. The predicted molar refractivity (Wildman–Crippen MR) is 79.4 cm³/mol. The normalized spacial score (nSPS) is 11.5. The summed E-state index contributed by atoms with van der Waals surface area (Å²) >= 11 is 0. The summed E-state index contributed by atoms with van der Waals surface area (Å²) in [5, 5.41) is 16.6. The number of hydrogen-bond acceptors (Lipinski definition) is 5. The quantitative estimate of drug-likeness (QED) is 0.779. The second-order valence-electron chi connectivity index (χ2n) is 4.47. The van der Waals surface area contributed by atoms with Crippen LogP contribution in [0.2, 0.25) is 0 Å². The Balaban J connectivity index is 2.49. The third-order valence-electron chi connectivity index (χ3n) is 2.91. The molecular formula is C14H17N3O3S. The lowest BCUT2D eigenvalue weighted by atomic mass is 10.2. The van der Waals surface area contributed by atoms with Crippen LogP contribution in [0.4, 0.5) is 0 Å². The molecule has 0 unspecified atom stereocenters. The van der Waals surface area contributed by atoms with Crippen molar-refractivity contribution in [2.45, 2.75) is 18.1 Å². The third-order valence-corrected chi connectivity index (χ3v) is 4.59. The molecule has 0 fully saturated rings. The van der Waals surface area contributed by atoms with E-state index >= 15 is 0 Å². The summed E-state index contributed by atoms with van der Waals surface area (Å²) < 4.78 is 26.0. The number of benzene rings is 1. The maximum Gasteiger partial charge on any atom is 0.250 e. The molecule has 0 atom stereocenters. The molecule has 2 aromatic rings. The highest BCUT2D eigenvalue weighted by Crippen LogP contribution is 2.21. The van der Waals surface area contributed by atoms with Crippen molar-refractivity contribution in [1.29, 1.82) is 0 Å². The number of aliphatic hydroxyl groups is 1. The molecule has 21 heavy (non-hydrogen) atoms. The molecule has 0 amide bonds. The van der Waals surface area contributed by atoms with E-state index in [0.717, 1.165) is 5.56 Å². The monoisotopic (exact) mass is 307 g/mol. The molecule has 6 nitrogen and oxygen atoms in total. The number of rotatable bonds is 7. The molecule has 1 aromatic heterocycles. The van der Waals surface area contributed by atoms with Gasteiger partial charge in [0.15, 0.2) is 5.82 Å². The molecule has 0 aliphatic rings. The van der Waals surface area contributed by atoms with Crippen LogP contribution < -0.4 is 0 Å². The first kappa shape index (κ1) is 15.4. The molecule has 0 aliphatic heterocycles. The van der Waals surface area contributed by atoms with Crippen molar-refractivity contribution in [3.05, 3.63) is 43.0 Å². The zero-order valence-corrected chi connectivity index (χ0v) is 12.3. The Labute approximate surface area is 123 Å². The third kappa shape index (κ3) is 3.37. The number of nitrogens with zero attached hydrogens (tertiary/aromatic N) is 3. The molecule has 0 saturated heterocycles. The number of allylic oxidation sites excluding steroid dienone is 1. The van der Waals surface area contributed by atoms with Crippen LogP contribution in [0, 0.1) is 0 Å². The van der Waals surface area contributed by atoms with E-state index in [1.807, 2.05) is 30.3 Å². The molecule has 7 heteroatoms. The average Bonchev–Trinajstić information content (AvgIpc) is 2.91. The largest absolute Gasteiger partial charge is 0.396 e. The fourth-order valence-corrected chi connectivity index (χ4v) is 3.31. The zero-order valence-electron chi connectivity index (χ0n) is 11.5. The molecular weight excluding hydrogens is 290 g/mol. The molecule has 1 N–H and O–H groups in total. The van der Waals surface area contributed by atoms with E-state index in [-0.39, 0.29) is 23.9 Å². The minimum absolute atomic E-state index is 0.0882. The number of sulfone groups is 1.